The second kappa shape index (κ2) is 7.36. The van der Waals surface area contributed by atoms with Crippen LogP contribution >= 0.6 is 15.9 Å². The van der Waals surface area contributed by atoms with Crippen LogP contribution in [0.5, 0.6) is 11.5 Å². The number of methoxy groups -OCH3 is 1. The minimum atomic E-state index is -3.90. The maximum atomic E-state index is 12.7. The van der Waals surface area contributed by atoms with Gasteiger partial charge in [-0.05, 0) is 48.1 Å². The average molecular weight is 432 g/mol. The van der Waals surface area contributed by atoms with E-state index >= 15 is 0 Å². The van der Waals surface area contributed by atoms with Crippen molar-refractivity contribution in [3.63, 3.8) is 0 Å². The van der Waals surface area contributed by atoms with Crippen molar-refractivity contribution in [3.8, 4) is 17.6 Å². The minimum Gasteiger partial charge on any atom is -0.493 e. The van der Waals surface area contributed by atoms with Gasteiger partial charge in [-0.2, -0.15) is 5.26 Å². The number of sulfone groups is 1. The predicted octanol–water partition coefficient (Wildman–Crippen LogP) is 4.11. The fourth-order valence-corrected chi connectivity index (χ4v) is 3.96. The second-order valence-corrected chi connectivity index (χ2v) is 8.30. The molecule has 0 saturated heterocycles. The maximum Gasteiger partial charge on any atom is 0.216 e. The molecule has 0 saturated carbocycles. The summed E-state index contributed by atoms with van der Waals surface area (Å²) in [5, 5.41) is 9.39. The van der Waals surface area contributed by atoms with Crippen LogP contribution in [-0.4, -0.2) is 22.1 Å². The maximum absolute atomic E-state index is 12.7. The number of fused-ring (bicyclic) bond motifs is 1. The van der Waals surface area contributed by atoms with Crippen LogP contribution in [-0.2, 0) is 9.84 Å². The Morgan fingerprint density at radius 3 is 2.65 bits per heavy atom. The van der Waals surface area contributed by atoms with Gasteiger partial charge in [0.25, 0.3) is 0 Å². The first-order valence-corrected chi connectivity index (χ1v) is 9.86. The Morgan fingerprint density at radius 1 is 1.27 bits per heavy atom. The Hall–Kier alpha value is -2.56. The van der Waals surface area contributed by atoms with Crippen LogP contribution < -0.4 is 9.47 Å². The minimum absolute atomic E-state index is 0.0629. The Kier molecular flexibility index (Phi) is 5.16. The van der Waals surface area contributed by atoms with Crippen molar-refractivity contribution < 1.29 is 17.9 Å². The summed E-state index contributed by atoms with van der Waals surface area (Å²) >= 11 is 3.26. The Bertz CT molecular complexity index is 1050. The lowest BCUT2D eigenvalue weighted by Crippen LogP contribution is -2.09. The van der Waals surface area contributed by atoms with E-state index in [0.717, 1.165) is 10.0 Å². The molecule has 0 atom stereocenters. The lowest BCUT2D eigenvalue weighted by atomic mass is 10.1. The Morgan fingerprint density at radius 2 is 2.00 bits per heavy atom. The van der Waals surface area contributed by atoms with Gasteiger partial charge in [0.05, 0.1) is 12.0 Å². The molecule has 0 unspecified atom stereocenters. The van der Waals surface area contributed by atoms with Crippen LogP contribution in [0, 0.1) is 11.3 Å². The monoisotopic (exact) mass is 431 g/mol. The van der Waals surface area contributed by atoms with Crippen molar-refractivity contribution in [2.75, 3.05) is 13.7 Å². The fraction of sp³-hybridized carbons (Fsp3) is 0.105. The average Bonchev–Trinajstić information content (AvgIpc) is 2.65. The number of halogens is 1. The van der Waals surface area contributed by atoms with E-state index in [9.17, 15) is 13.7 Å². The van der Waals surface area contributed by atoms with E-state index in [4.69, 9.17) is 9.47 Å². The largest absolute Gasteiger partial charge is 0.493 e. The first-order chi connectivity index (χ1) is 12.5. The molecule has 0 amide bonds. The third-order valence-corrected chi connectivity index (χ3v) is 6.00. The van der Waals surface area contributed by atoms with Crippen LogP contribution in [0.25, 0.3) is 6.08 Å². The summed E-state index contributed by atoms with van der Waals surface area (Å²) in [6.45, 7) is 0.147. The smallest absolute Gasteiger partial charge is 0.216 e. The summed E-state index contributed by atoms with van der Waals surface area (Å²) in [5.41, 5.74) is 1.35. The zero-order valence-corrected chi connectivity index (χ0v) is 16.2. The molecule has 0 fully saturated rings. The number of para-hydroxylation sites is 1. The topological polar surface area (TPSA) is 76.4 Å². The van der Waals surface area contributed by atoms with E-state index < -0.39 is 9.84 Å². The molecule has 1 aliphatic heterocycles. The molecule has 26 heavy (non-hydrogen) atoms. The molecular formula is C19H14BrNO4S. The summed E-state index contributed by atoms with van der Waals surface area (Å²) in [6.07, 6.45) is 3.13. The highest BCUT2D eigenvalue weighted by Crippen LogP contribution is 2.36. The SMILES string of the molecule is COc1cccc2c1OCC(C=C(C#N)S(=O)(=O)c1ccc(Br)cc1)=C2. The standard InChI is InChI=1S/C19H14BrNO4S/c1-24-18-4-2-3-14-9-13(12-25-19(14)18)10-17(11-21)26(22,23)16-7-5-15(20)6-8-16/h2-10H,12H2,1H3. The molecule has 0 radical (unpaired) electrons. The molecule has 0 bridgehead atoms. The number of nitriles is 1. The van der Waals surface area contributed by atoms with Gasteiger partial charge in [-0.15, -0.1) is 0 Å². The molecule has 1 aliphatic rings. The van der Waals surface area contributed by atoms with Crippen molar-refractivity contribution >= 4 is 31.8 Å². The second-order valence-electron chi connectivity index (χ2n) is 5.46. The summed E-state index contributed by atoms with van der Waals surface area (Å²) in [5.74, 6) is 1.20. The van der Waals surface area contributed by atoms with E-state index in [1.807, 2.05) is 12.1 Å². The van der Waals surface area contributed by atoms with Gasteiger partial charge in [0, 0.05) is 10.0 Å². The third-order valence-electron chi connectivity index (χ3n) is 3.79. The van der Waals surface area contributed by atoms with Gasteiger partial charge in [0.15, 0.2) is 11.5 Å². The number of hydrogen-bond donors (Lipinski definition) is 0. The zero-order chi connectivity index (χ0) is 18.7. The fourth-order valence-electron chi connectivity index (χ4n) is 2.52. The summed E-state index contributed by atoms with van der Waals surface area (Å²) in [7, 11) is -2.35. The van der Waals surface area contributed by atoms with Gasteiger partial charge >= 0.3 is 0 Å². The van der Waals surface area contributed by atoms with Gasteiger partial charge < -0.3 is 9.47 Å². The van der Waals surface area contributed by atoms with Crippen molar-refractivity contribution in [3.05, 3.63) is 69.1 Å². The number of benzene rings is 2. The van der Waals surface area contributed by atoms with Crippen molar-refractivity contribution in [1.82, 2.24) is 0 Å². The molecule has 7 heteroatoms. The Balaban J connectivity index is 2.01. The highest BCUT2D eigenvalue weighted by atomic mass is 79.9. The van der Waals surface area contributed by atoms with Crippen LogP contribution in [0.1, 0.15) is 5.56 Å². The molecule has 0 aliphatic carbocycles. The van der Waals surface area contributed by atoms with Gasteiger partial charge in [-0.25, -0.2) is 8.42 Å². The van der Waals surface area contributed by atoms with Crippen LogP contribution in [0.4, 0.5) is 0 Å². The summed E-state index contributed by atoms with van der Waals surface area (Å²) < 4.78 is 37.1. The van der Waals surface area contributed by atoms with Crippen LogP contribution in [0.3, 0.4) is 0 Å². The molecule has 1 heterocycles. The lowest BCUT2D eigenvalue weighted by molar-refractivity contribution is 0.318. The third kappa shape index (κ3) is 3.52. The quantitative estimate of drug-likeness (QED) is 0.680. The van der Waals surface area contributed by atoms with Gasteiger partial charge in [0.1, 0.15) is 17.6 Å². The van der Waals surface area contributed by atoms with Crippen molar-refractivity contribution in [2.45, 2.75) is 4.90 Å². The number of allylic oxidation sites excluding steroid dienone is 1. The molecule has 2 aromatic rings. The first-order valence-electron chi connectivity index (χ1n) is 7.58. The molecule has 0 N–H and O–H groups in total. The highest BCUT2D eigenvalue weighted by molar-refractivity contribution is 9.10. The molecule has 2 aromatic carbocycles. The van der Waals surface area contributed by atoms with E-state index in [1.54, 1.807) is 37.5 Å². The van der Waals surface area contributed by atoms with Crippen molar-refractivity contribution in [1.29, 1.82) is 5.26 Å². The van der Waals surface area contributed by atoms with Gasteiger partial charge in [-0.3, -0.25) is 0 Å². The van der Waals surface area contributed by atoms with Gasteiger partial charge in [0.2, 0.25) is 9.84 Å². The summed E-state index contributed by atoms with van der Waals surface area (Å²) in [6, 6.07) is 13.4. The molecule has 5 nitrogen and oxygen atoms in total. The number of ether oxygens (including phenoxy) is 2. The van der Waals surface area contributed by atoms with E-state index in [0.29, 0.717) is 17.1 Å². The summed E-state index contributed by atoms with van der Waals surface area (Å²) in [4.78, 5) is -0.270. The van der Waals surface area contributed by atoms with E-state index in [2.05, 4.69) is 15.9 Å². The molecule has 0 spiro atoms. The molecule has 132 valence electrons. The highest BCUT2D eigenvalue weighted by Gasteiger charge is 2.22. The Labute approximate surface area is 160 Å². The van der Waals surface area contributed by atoms with E-state index in [1.165, 1.54) is 18.2 Å². The predicted molar refractivity (Wildman–Crippen MR) is 101 cm³/mol. The van der Waals surface area contributed by atoms with Gasteiger partial charge in [-0.1, -0.05) is 28.1 Å². The number of nitrogens with zero attached hydrogens (tertiary/aromatic N) is 1. The number of rotatable bonds is 4. The zero-order valence-electron chi connectivity index (χ0n) is 13.8. The number of hydrogen-bond acceptors (Lipinski definition) is 5. The first kappa shape index (κ1) is 18.2. The van der Waals surface area contributed by atoms with E-state index in [-0.39, 0.29) is 16.4 Å². The van der Waals surface area contributed by atoms with Crippen LogP contribution in [0.2, 0.25) is 0 Å². The lowest BCUT2D eigenvalue weighted by Gasteiger charge is -2.18. The van der Waals surface area contributed by atoms with Crippen molar-refractivity contribution in [2.24, 2.45) is 0 Å². The molecule has 0 aromatic heterocycles. The normalized spacial score (nSPS) is 13.9. The molecule has 3 rings (SSSR count). The van der Waals surface area contributed by atoms with Crippen LogP contribution in [0.15, 0.2) is 68.4 Å². The molecular weight excluding hydrogens is 418 g/mol.